The summed E-state index contributed by atoms with van der Waals surface area (Å²) in [6, 6.07) is 16.3. The maximum Gasteiger partial charge on any atom is 0.311 e. The van der Waals surface area contributed by atoms with Crippen LogP contribution in [0.1, 0.15) is 5.56 Å². The van der Waals surface area contributed by atoms with Crippen LogP contribution >= 0.6 is 23.2 Å². The molecule has 0 aliphatic rings. The number of hydrogen-bond acceptors (Lipinski definition) is 5. The molecular weight excluding hydrogens is 457 g/mol. The molecule has 0 heterocycles. The lowest BCUT2D eigenvalue weighted by molar-refractivity contribution is -0.385. The summed E-state index contributed by atoms with van der Waals surface area (Å²) in [6.45, 7) is 0. The van der Waals surface area contributed by atoms with Crippen molar-refractivity contribution < 1.29 is 19.6 Å². The quantitative estimate of drug-likeness (QED) is 0.148. The number of halogens is 2. The molecule has 8 nitrogen and oxygen atoms in total. The van der Waals surface area contributed by atoms with Gasteiger partial charge in [-0.15, -0.1) is 0 Å². The molecule has 0 aromatic heterocycles. The van der Waals surface area contributed by atoms with E-state index < -0.39 is 28.2 Å². The van der Waals surface area contributed by atoms with Crippen LogP contribution in [0.15, 0.2) is 72.3 Å². The summed E-state index contributed by atoms with van der Waals surface area (Å²) < 4.78 is 0. The third-order valence-corrected chi connectivity index (χ3v) is 4.90. The van der Waals surface area contributed by atoms with Crippen LogP contribution in [0.3, 0.4) is 0 Å². The van der Waals surface area contributed by atoms with Crippen LogP contribution in [0.4, 0.5) is 17.1 Å². The Kier molecular flexibility index (Phi) is 7.09. The number of aromatic hydroxyl groups is 1. The number of para-hydroxylation sites is 2. The summed E-state index contributed by atoms with van der Waals surface area (Å²) in [5.74, 6) is -2.16. The summed E-state index contributed by atoms with van der Waals surface area (Å²) in [5.41, 5.74) is -0.256. The lowest BCUT2D eigenvalue weighted by Crippen LogP contribution is -2.25. The molecule has 32 heavy (non-hydrogen) atoms. The second kappa shape index (κ2) is 9.95. The van der Waals surface area contributed by atoms with E-state index >= 15 is 0 Å². The minimum atomic E-state index is -0.807. The fourth-order valence-corrected chi connectivity index (χ4v) is 3.05. The predicted molar refractivity (Wildman–Crippen MR) is 123 cm³/mol. The van der Waals surface area contributed by atoms with E-state index in [0.29, 0.717) is 0 Å². The SMILES string of the molecule is O=C(Nc1ccccc1Cl)C(=Cc1ccc(O)c([N+](=O)[O-])c1)C(=O)Nc1ccccc1Cl. The van der Waals surface area contributed by atoms with Crippen LogP contribution in [0.5, 0.6) is 5.75 Å². The van der Waals surface area contributed by atoms with Gasteiger partial charge in [0.2, 0.25) is 0 Å². The lowest BCUT2D eigenvalue weighted by Gasteiger charge is -2.12. The number of hydrogen-bond donors (Lipinski definition) is 3. The largest absolute Gasteiger partial charge is 0.502 e. The number of nitro benzene ring substituents is 1. The highest BCUT2D eigenvalue weighted by atomic mass is 35.5. The van der Waals surface area contributed by atoms with E-state index in [0.717, 1.165) is 18.2 Å². The fraction of sp³-hybridized carbons (Fsp3) is 0. The van der Waals surface area contributed by atoms with Gasteiger partial charge < -0.3 is 15.7 Å². The Hall–Kier alpha value is -3.88. The van der Waals surface area contributed by atoms with Crippen LogP contribution in [0.25, 0.3) is 6.08 Å². The number of nitrogens with one attached hydrogen (secondary N) is 2. The number of phenolic OH excluding ortho intramolecular Hbond substituents is 1. The van der Waals surface area contributed by atoms with Gasteiger partial charge in [-0.05, 0) is 42.0 Å². The second-order valence-electron chi connectivity index (χ2n) is 6.43. The molecule has 0 unspecified atom stereocenters. The number of carbonyl (C=O) groups is 2. The molecule has 3 aromatic rings. The van der Waals surface area contributed by atoms with Crippen molar-refractivity contribution in [1.29, 1.82) is 0 Å². The first-order valence-corrected chi connectivity index (χ1v) is 9.82. The first kappa shape index (κ1) is 22.8. The van der Waals surface area contributed by atoms with E-state index in [1.165, 1.54) is 6.07 Å². The Balaban J connectivity index is 2.01. The predicted octanol–water partition coefficient (Wildman–Crippen LogP) is 5.27. The summed E-state index contributed by atoms with van der Waals surface area (Å²) in [7, 11) is 0. The molecule has 10 heteroatoms. The van der Waals surface area contributed by atoms with Crippen molar-refractivity contribution in [2.75, 3.05) is 10.6 Å². The molecule has 0 saturated carbocycles. The fourth-order valence-electron chi connectivity index (χ4n) is 2.68. The molecule has 0 atom stereocenters. The standard InChI is InChI=1S/C22H15Cl2N3O5/c23-15-5-1-3-7-17(15)25-21(29)14(22(30)26-18-8-4-2-6-16(18)24)11-13-9-10-20(28)19(12-13)27(31)32/h1-12,28H,(H,25,29)(H,26,30). The Morgan fingerprint density at radius 2 is 1.38 bits per heavy atom. The number of benzene rings is 3. The summed E-state index contributed by atoms with van der Waals surface area (Å²) >= 11 is 12.2. The maximum atomic E-state index is 13.0. The molecule has 3 aromatic carbocycles. The average molecular weight is 472 g/mol. The van der Waals surface area contributed by atoms with Gasteiger partial charge >= 0.3 is 5.69 Å². The van der Waals surface area contributed by atoms with Gasteiger partial charge in [-0.1, -0.05) is 53.5 Å². The third-order valence-electron chi connectivity index (χ3n) is 4.24. The van der Waals surface area contributed by atoms with Crippen molar-refractivity contribution in [2.24, 2.45) is 0 Å². The minimum Gasteiger partial charge on any atom is -0.502 e. The van der Waals surface area contributed by atoms with E-state index in [1.54, 1.807) is 48.5 Å². The third kappa shape index (κ3) is 5.42. The van der Waals surface area contributed by atoms with Gasteiger partial charge in [0.25, 0.3) is 11.8 Å². The first-order valence-electron chi connectivity index (χ1n) is 9.07. The van der Waals surface area contributed by atoms with E-state index in [1.807, 2.05) is 0 Å². The van der Waals surface area contributed by atoms with Crippen LogP contribution in [0, 0.1) is 10.1 Å². The van der Waals surface area contributed by atoms with E-state index in [-0.39, 0.29) is 32.6 Å². The molecule has 0 saturated heterocycles. The molecular formula is C22H15Cl2N3O5. The monoisotopic (exact) mass is 471 g/mol. The maximum absolute atomic E-state index is 13.0. The molecule has 3 rings (SSSR count). The highest BCUT2D eigenvalue weighted by Crippen LogP contribution is 2.28. The zero-order valence-corrected chi connectivity index (χ0v) is 17.7. The number of nitrogens with zero attached hydrogens (tertiary/aromatic N) is 1. The molecule has 0 spiro atoms. The Morgan fingerprint density at radius 1 is 0.875 bits per heavy atom. The van der Waals surface area contributed by atoms with Crippen LogP contribution < -0.4 is 10.6 Å². The number of phenols is 1. The van der Waals surface area contributed by atoms with Crippen molar-refractivity contribution in [2.45, 2.75) is 0 Å². The van der Waals surface area contributed by atoms with Crippen LogP contribution in [0.2, 0.25) is 10.0 Å². The van der Waals surface area contributed by atoms with Crippen molar-refractivity contribution >= 4 is 58.2 Å². The van der Waals surface area contributed by atoms with Gasteiger partial charge in [0.15, 0.2) is 5.75 Å². The summed E-state index contributed by atoms with van der Waals surface area (Å²) in [6.07, 6.45) is 1.16. The van der Waals surface area contributed by atoms with Gasteiger partial charge in [0, 0.05) is 6.07 Å². The molecule has 162 valence electrons. The number of carbonyl (C=O) groups excluding carboxylic acids is 2. The van der Waals surface area contributed by atoms with Gasteiger partial charge in [-0.2, -0.15) is 0 Å². The van der Waals surface area contributed by atoms with Gasteiger partial charge in [0.05, 0.1) is 26.3 Å². The minimum absolute atomic E-state index is 0.146. The van der Waals surface area contributed by atoms with Gasteiger partial charge in [-0.25, -0.2) is 0 Å². The van der Waals surface area contributed by atoms with E-state index in [2.05, 4.69) is 10.6 Å². The molecule has 0 aliphatic carbocycles. The number of amides is 2. The highest BCUT2D eigenvalue weighted by Gasteiger charge is 2.21. The number of anilines is 2. The molecule has 0 fully saturated rings. The molecule has 2 amide bonds. The van der Waals surface area contributed by atoms with Crippen molar-refractivity contribution in [3.63, 3.8) is 0 Å². The lowest BCUT2D eigenvalue weighted by atomic mass is 10.1. The molecule has 3 N–H and O–H groups in total. The zero-order chi connectivity index (χ0) is 23.3. The Morgan fingerprint density at radius 3 is 1.84 bits per heavy atom. The van der Waals surface area contributed by atoms with Crippen molar-refractivity contribution in [3.05, 3.63) is 98.0 Å². The average Bonchev–Trinajstić information content (AvgIpc) is 2.76. The Labute approximate surface area is 192 Å². The van der Waals surface area contributed by atoms with Crippen molar-refractivity contribution in [3.8, 4) is 5.75 Å². The summed E-state index contributed by atoms with van der Waals surface area (Å²) in [4.78, 5) is 36.3. The molecule has 0 bridgehead atoms. The second-order valence-corrected chi connectivity index (χ2v) is 7.25. The number of rotatable bonds is 6. The van der Waals surface area contributed by atoms with E-state index in [9.17, 15) is 24.8 Å². The van der Waals surface area contributed by atoms with Crippen LogP contribution in [-0.2, 0) is 9.59 Å². The van der Waals surface area contributed by atoms with Gasteiger partial charge in [0.1, 0.15) is 5.57 Å². The van der Waals surface area contributed by atoms with Crippen molar-refractivity contribution in [1.82, 2.24) is 0 Å². The smallest absolute Gasteiger partial charge is 0.311 e. The molecule has 0 aliphatic heterocycles. The van der Waals surface area contributed by atoms with Gasteiger partial charge in [-0.3, -0.25) is 19.7 Å². The number of nitro groups is 1. The zero-order valence-electron chi connectivity index (χ0n) is 16.2. The summed E-state index contributed by atoms with van der Waals surface area (Å²) in [5, 5.41) is 26.4. The first-order chi connectivity index (χ1) is 15.3. The molecule has 0 radical (unpaired) electrons. The normalized spacial score (nSPS) is 10.2. The highest BCUT2D eigenvalue weighted by molar-refractivity contribution is 6.36. The topological polar surface area (TPSA) is 122 Å². The van der Waals surface area contributed by atoms with E-state index in [4.69, 9.17) is 23.2 Å². The Bertz CT molecular complexity index is 1180. The van der Waals surface area contributed by atoms with Crippen LogP contribution in [-0.4, -0.2) is 21.8 Å².